The molecule has 0 aliphatic carbocycles. The molecule has 3 aromatic rings. The van der Waals surface area contributed by atoms with Crippen molar-refractivity contribution in [2.24, 2.45) is 0 Å². The van der Waals surface area contributed by atoms with Crippen LogP contribution in [0.1, 0.15) is 35.8 Å². The zero-order valence-electron chi connectivity index (χ0n) is 16.4. The quantitative estimate of drug-likeness (QED) is 0.557. The van der Waals surface area contributed by atoms with E-state index in [0.717, 1.165) is 53.1 Å². The molecule has 1 fully saturated rings. The molecule has 0 bridgehead atoms. The van der Waals surface area contributed by atoms with Crippen molar-refractivity contribution in [3.05, 3.63) is 47.8 Å². The monoisotopic (exact) mass is 409 g/mol. The predicted octanol–water partition coefficient (Wildman–Crippen LogP) is 4.45. The van der Waals surface area contributed by atoms with Crippen LogP contribution >= 0.6 is 11.3 Å². The summed E-state index contributed by atoms with van der Waals surface area (Å²) in [5, 5.41) is 7.45. The van der Waals surface area contributed by atoms with Gasteiger partial charge in [0, 0.05) is 30.6 Å². The Kier molecular flexibility index (Phi) is 5.82. The van der Waals surface area contributed by atoms with E-state index in [1.165, 1.54) is 0 Å². The van der Waals surface area contributed by atoms with Crippen molar-refractivity contribution in [1.29, 1.82) is 0 Å². The van der Waals surface area contributed by atoms with Crippen molar-refractivity contribution in [3.63, 3.8) is 0 Å². The van der Waals surface area contributed by atoms with Crippen LogP contribution in [-0.2, 0) is 4.74 Å². The number of anilines is 3. The topological polar surface area (TPSA) is 89.0 Å². The number of nitrogens with zero attached hydrogens (tertiary/aromatic N) is 3. The van der Waals surface area contributed by atoms with Crippen LogP contribution in [0.25, 0.3) is 10.6 Å². The minimum Gasteiger partial charge on any atom is -0.376 e. The Hall–Kier alpha value is -2.84. The number of thiazole rings is 1. The van der Waals surface area contributed by atoms with Gasteiger partial charge in [0.15, 0.2) is 10.9 Å². The zero-order chi connectivity index (χ0) is 20.2. The highest BCUT2D eigenvalue weighted by molar-refractivity contribution is 7.19. The summed E-state index contributed by atoms with van der Waals surface area (Å²) < 4.78 is 5.66. The normalized spacial score (nSPS) is 16.0. The number of carbonyl (C=O) groups excluding carboxylic acids is 1. The van der Waals surface area contributed by atoms with Crippen molar-refractivity contribution < 1.29 is 9.53 Å². The van der Waals surface area contributed by atoms with Gasteiger partial charge in [-0.05, 0) is 57.0 Å². The third-order valence-corrected chi connectivity index (χ3v) is 5.87. The molecular formula is C21H23N5O2S. The molecule has 2 aromatic heterocycles. The van der Waals surface area contributed by atoms with Crippen molar-refractivity contribution in [2.75, 3.05) is 23.8 Å². The second-order valence-corrected chi connectivity index (χ2v) is 7.97. The Morgan fingerprint density at radius 1 is 1.24 bits per heavy atom. The fourth-order valence-electron chi connectivity index (χ4n) is 3.18. The lowest BCUT2D eigenvalue weighted by Crippen LogP contribution is -2.18. The van der Waals surface area contributed by atoms with Crippen molar-refractivity contribution in [2.45, 2.75) is 32.8 Å². The number of hydrogen-bond donors (Lipinski definition) is 2. The van der Waals surface area contributed by atoms with Gasteiger partial charge in [0.05, 0.1) is 22.4 Å². The van der Waals surface area contributed by atoms with Gasteiger partial charge in [0.25, 0.3) is 0 Å². The molecule has 0 radical (unpaired) electrons. The highest BCUT2D eigenvalue weighted by atomic mass is 32.1. The van der Waals surface area contributed by atoms with E-state index >= 15 is 0 Å². The van der Waals surface area contributed by atoms with Gasteiger partial charge >= 0.3 is 0 Å². The maximum atomic E-state index is 11.4. The van der Waals surface area contributed by atoms with E-state index in [1.807, 2.05) is 25.1 Å². The lowest BCUT2D eigenvalue weighted by Gasteiger charge is -2.09. The van der Waals surface area contributed by atoms with Crippen LogP contribution in [0.2, 0.25) is 0 Å². The van der Waals surface area contributed by atoms with Gasteiger partial charge < -0.3 is 15.4 Å². The van der Waals surface area contributed by atoms with Crippen molar-refractivity contribution >= 4 is 33.9 Å². The first kappa shape index (κ1) is 19.5. The first-order valence-electron chi connectivity index (χ1n) is 9.63. The van der Waals surface area contributed by atoms with Gasteiger partial charge in [-0.15, -0.1) is 0 Å². The third kappa shape index (κ3) is 4.78. The second kappa shape index (κ2) is 8.67. The summed E-state index contributed by atoms with van der Waals surface area (Å²) in [5.74, 6) is 0.541. The maximum absolute atomic E-state index is 11.4. The molecule has 0 saturated carbocycles. The summed E-state index contributed by atoms with van der Waals surface area (Å²) in [4.78, 5) is 26.0. The fourth-order valence-corrected chi connectivity index (χ4v) is 4.12. The average molecular weight is 410 g/mol. The highest BCUT2D eigenvalue weighted by Crippen LogP contribution is 2.32. The van der Waals surface area contributed by atoms with Crippen LogP contribution in [0.5, 0.6) is 0 Å². The molecule has 150 valence electrons. The molecule has 3 heterocycles. The second-order valence-electron chi connectivity index (χ2n) is 6.97. The van der Waals surface area contributed by atoms with Crippen LogP contribution < -0.4 is 10.6 Å². The summed E-state index contributed by atoms with van der Waals surface area (Å²) in [6.45, 7) is 5.16. The summed E-state index contributed by atoms with van der Waals surface area (Å²) in [7, 11) is 0. The molecule has 0 amide bonds. The number of aromatic nitrogens is 3. The van der Waals surface area contributed by atoms with Crippen LogP contribution in [0.3, 0.4) is 0 Å². The van der Waals surface area contributed by atoms with E-state index in [1.54, 1.807) is 36.6 Å². The van der Waals surface area contributed by atoms with Crippen LogP contribution in [0, 0.1) is 6.92 Å². The smallest absolute Gasteiger partial charge is 0.227 e. The molecule has 1 saturated heterocycles. The van der Waals surface area contributed by atoms with Crippen LogP contribution in [0.15, 0.2) is 36.5 Å². The molecular weight excluding hydrogens is 386 g/mol. The number of aryl methyl sites for hydroxylation is 1. The van der Waals surface area contributed by atoms with Crippen molar-refractivity contribution in [1.82, 2.24) is 15.0 Å². The lowest BCUT2D eigenvalue weighted by molar-refractivity contribution is 0.101. The molecule has 1 aliphatic rings. The van der Waals surface area contributed by atoms with E-state index < -0.39 is 0 Å². The number of hydrogen-bond acceptors (Lipinski definition) is 8. The Bertz CT molecular complexity index is 997. The molecule has 29 heavy (non-hydrogen) atoms. The summed E-state index contributed by atoms with van der Waals surface area (Å²) >= 11 is 1.58. The Morgan fingerprint density at radius 2 is 2.07 bits per heavy atom. The van der Waals surface area contributed by atoms with E-state index in [-0.39, 0.29) is 11.9 Å². The van der Waals surface area contributed by atoms with Gasteiger partial charge in [-0.3, -0.25) is 4.79 Å². The summed E-state index contributed by atoms with van der Waals surface area (Å²) in [5.41, 5.74) is 3.25. The van der Waals surface area contributed by atoms with Gasteiger partial charge in [0.2, 0.25) is 5.95 Å². The molecule has 1 aliphatic heterocycles. The minimum atomic E-state index is 0.0411. The minimum absolute atomic E-state index is 0.0411. The summed E-state index contributed by atoms with van der Waals surface area (Å²) in [6.07, 6.45) is 4.22. The molecule has 1 unspecified atom stereocenters. The lowest BCUT2D eigenvalue weighted by atomic mass is 10.1. The Morgan fingerprint density at radius 3 is 2.79 bits per heavy atom. The molecule has 2 N–H and O–H groups in total. The predicted molar refractivity (Wildman–Crippen MR) is 115 cm³/mol. The zero-order valence-corrected chi connectivity index (χ0v) is 17.3. The Labute approximate surface area is 173 Å². The van der Waals surface area contributed by atoms with Gasteiger partial charge in [-0.1, -0.05) is 11.3 Å². The van der Waals surface area contributed by atoms with Crippen LogP contribution in [-0.4, -0.2) is 40.0 Å². The average Bonchev–Trinajstić information content (AvgIpc) is 3.36. The Balaban J connectivity index is 1.47. The van der Waals surface area contributed by atoms with Crippen molar-refractivity contribution in [3.8, 4) is 10.6 Å². The SMILES string of the molecule is CC(=O)c1ccc(Nc2nccc(-c3sc(NCC4CCCO4)nc3C)n2)cc1. The summed E-state index contributed by atoms with van der Waals surface area (Å²) in [6, 6.07) is 9.14. The van der Waals surface area contributed by atoms with Gasteiger partial charge in [0.1, 0.15) is 0 Å². The number of ketones is 1. The molecule has 0 spiro atoms. The van der Waals surface area contributed by atoms with E-state index in [2.05, 4.69) is 25.6 Å². The molecule has 8 heteroatoms. The highest BCUT2D eigenvalue weighted by Gasteiger charge is 2.17. The third-order valence-electron chi connectivity index (χ3n) is 4.74. The van der Waals surface area contributed by atoms with Crippen LogP contribution in [0.4, 0.5) is 16.8 Å². The van der Waals surface area contributed by atoms with Gasteiger partial charge in [-0.2, -0.15) is 0 Å². The first-order valence-corrected chi connectivity index (χ1v) is 10.4. The number of carbonyl (C=O) groups is 1. The van der Waals surface area contributed by atoms with E-state index in [9.17, 15) is 4.79 Å². The van der Waals surface area contributed by atoms with E-state index in [0.29, 0.717) is 11.5 Å². The van der Waals surface area contributed by atoms with Gasteiger partial charge in [-0.25, -0.2) is 15.0 Å². The molecule has 1 atom stereocenters. The number of rotatable bonds is 7. The largest absolute Gasteiger partial charge is 0.376 e. The number of benzene rings is 1. The maximum Gasteiger partial charge on any atom is 0.227 e. The number of nitrogens with one attached hydrogen (secondary N) is 2. The molecule has 4 rings (SSSR count). The number of ether oxygens (including phenoxy) is 1. The number of Topliss-reactive ketones (excluding diaryl/α,β-unsaturated/α-hetero) is 1. The molecule has 1 aromatic carbocycles. The standard InChI is InChI=1S/C21H23N5O2S/c1-13-19(29-21(24-13)23-12-17-4-3-11-28-17)18-9-10-22-20(26-18)25-16-7-5-15(6-8-16)14(2)27/h5-10,17H,3-4,11-12H2,1-2H3,(H,23,24)(H,22,25,26). The fraction of sp³-hybridized carbons (Fsp3) is 0.333. The molecule has 7 nitrogen and oxygen atoms in total. The first-order chi connectivity index (χ1) is 14.1. The van der Waals surface area contributed by atoms with E-state index in [4.69, 9.17) is 4.74 Å².